The number of aryl methyl sites for hydroxylation is 1. The summed E-state index contributed by atoms with van der Waals surface area (Å²) in [6.45, 7) is 5.95. The average Bonchev–Trinajstić information content (AvgIpc) is 2.61. The highest BCUT2D eigenvalue weighted by Crippen LogP contribution is 2.19. The Bertz CT molecular complexity index is 726. The summed E-state index contributed by atoms with van der Waals surface area (Å²) in [5.41, 5.74) is 2.94. The van der Waals surface area contributed by atoms with Crippen molar-refractivity contribution in [2.75, 3.05) is 37.6 Å². The van der Waals surface area contributed by atoms with Gasteiger partial charge in [0.1, 0.15) is 5.82 Å². The summed E-state index contributed by atoms with van der Waals surface area (Å²) in [7, 11) is 0. The number of para-hydroxylation sites is 1. The normalized spacial score (nSPS) is 15.2. The molecule has 0 bridgehead atoms. The molecule has 5 heteroatoms. The molecule has 1 aliphatic heterocycles. The first-order valence-corrected chi connectivity index (χ1v) is 8.66. The lowest BCUT2D eigenvalue weighted by atomic mass is 10.1. The molecule has 0 radical (unpaired) electrons. The van der Waals surface area contributed by atoms with Crippen LogP contribution in [0.1, 0.15) is 11.1 Å². The van der Waals surface area contributed by atoms with Gasteiger partial charge in [0.15, 0.2) is 0 Å². The highest BCUT2D eigenvalue weighted by atomic mass is 19.1. The minimum absolute atomic E-state index is 0.0286. The van der Waals surface area contributed by atoms with E-state index in [1.54, 1.807) is 12.1 Å². The van der Waals surface area contributed by atoms with Crippen LogP contribution in [0.25, 0.3) is 0 Å². The maximum Gasteiger partial charge on any atom is 0.234 e. The van der Waals surface area contributed by atoms with E-state index in [9.17, 15) is 9.18 Å². The smallest absolute Gasteiger partial charge is 0.234 e. The van der Waals surface area contributed by atoms with E-state index in [4.69, 9.17) is 0 Å². The Morgan fingerprint density at radius 3 is 2.56 bits per heavy atom. The monoisotopic (exact) mass is 341 g/mol. The first-order chi connectivity index (χ1) is 12.1. The molecule has 3 rings (SSSR count). The molecule has 2 aromatic carbocycles. The summed E-state index contributed by atoms with van der Waals surface area (Å²) in [6.07, 6.45) is 0. The molecule has 0 aliphatic carbocycles. The van der Waals surface area contributed by atoms with Crippen molar-refractivity contribution in [1.82, 2.24) is 10.2 Å². The highest BCUT2D eigenvalue weighted by Gasteiger charge is 2.20. The van der Waals surface area contributed by atoms with Gasteiger partial charge in [-0.1, -0.05) is 42.0 Å². The number of carbonyl (C=O) groups is 1. The van der Waals surface area contributed by atoms with Gasteiger partial charge in [0.25, 0.3) is 0 Å². The third-order valence-electron chi connectivity index (χ3n) is 4.50. The van der Waals surface area contributed by atoms with Crippen LogP contribution < -0.4 is 10.2 Å². The lowest BCUT2D eigenvalue weighted by Gasteiger charge is -2.35. The summed E-state index contributed by atoms with van der Waals surface area (Å²) in [5, 5.41) is 2.97. The zero-order valence-electron chi connectivity index (χ0n) is 14.5. The van der Waals surface area contributed by atoms with Crippen LogP contribution in [0.2, 0.25) is 0 Å². The molecular formula is C20H24FN3O. The molecule has 1 amide bonds. The van der Waals surface area contributed by atoms with Gasteiger partial charge in [-0.25, -0.2) is 4.39 Å². The largest absolute Gasteiger partial charge is 0.367 e. The molecule has 1 saturated heterocycles. The second-order valence-corrected chi connectivity index (χ2v) is 6.48. The van der Waals surface area contributed by atoms with Crippen molar-refractivity contribution < 1.29 is 9.18 Å². The fourth-order valence-corrected chi connectivity index (χ4v) is 3.14. The maximum atomic E-state index is 13.9. The fraction of sp³-hybridized carbons (Fsp3) is 0.350. The second kappa shape index (κ2) is 8.12. The molecular weight excluding hydrogens is 317 g/mol. The molecule has 1 N–H and O–H groups in total. The summed E-state index contributed by atoms with van der Waals surface area (Å²) in [4.78, 5) is 16.3. The average molecular weight is 341 g/mol. The second-order valence-electron chi connectivity index (χ2n) is 6.48. The summed E-state index contributed by atoms with van der Waals surface area (Å²) >= 11 is 0. The Balaban J connectivity index is 1.44. The maximum absolute atomic E-state index is 13.9. The van der Waals surface area contributed by atoms with Gasteiger partial charge < -0.3 is 10.2 Å². The quantitative estimate of drug-likeness (QED) is 0.908. The molecule has 0 unspecified atom stereocenters. The number of halogens is 1. The Hall–Kier alpha value is -2.40. The minimum Gasteiger partial charge on any atom is -0.367 e. The van der Waals surface area contributed by atoms with Gasteiger partial charge in [-0.3, -0.25) is 9.69 Å². The Morgan fingerprint density at radius 1 is 1.08 bits per heavy atom. The molecule has 0 aromatic heterocycles. The predicted molar refractivity (Wildman–Crippen MR) is 98.1 cm³/mol. The Kier molecular flexibility index (Phi) is 5.66. The number of carbonyl (C=O) groups excluding carboxylic acids is 1. The first-order valence-electron chi connectivity index (χ1n) is 8.66. The molecule has 0 saturated carbocycles. The zero-order chi connectivity index (χ0) is 17.6. The molecule has 4 nitrogen and oxygen atoms in total. The lowest BCUT2D eigenvalue weighted by Crippen LogP contribution is -2.49. The van der Waals surface area contributed by atoms with E-state index in [2.05, 4.69) is 16.3 Å². The third-order valence-corrected chi connectivity index (χ3v) is 4.50. The van der Waals surface area contributed by atoms with Gasteiger partial charge in [0.05, 0.1) is 12.2 Å². The van der Waals surface area contributed by atoms with E-state index in [0.29, 0.717) is 18.8 Å². The van der Waals surface area contributed by atoms with E-state index in [0.717, 1.165) is 31.7 Å². The number of piperazine rings is 1. The topological polar surface area (TPSA) is 35.6 Å². The molecule has 132 valence electrons. The van der Waals surface area contributed by atoms with Crippen molar-refractivity contribution in [1.29, 1.82) is 0 Å². The lowest BCUT2D eigenvalue weighted by molar-refractivity contribution is -0.122. The molecule has 1 heterocycles. The molecule has 1 fully saturated rings. The molecule has 0 atom stereocenters. The number of anilines is 1. The van der Waals surface area contributed by atoms with Crippen LogP contribution >= 0.6 is 0 Å². The number of amides is 1. The number of rotatable bonds is 5. The van der Waals surface area contributed by atoms with Gasteiger partial charge in [-0.2, -0.15) is 0 Å². The number of hydrogen-bond donors (Lipinski definition) is 1. The van der Waals surface area contributed by atoms with E-state index in [-0.39, 0.29) is 11.7 Å². The van der Waals surface area contributed by atoms with Crippen molar-refractivity contribution >= 4 is 11.6 Å². The van der Waals surface area contributed by atoms with Crippen molar-refractivity contribution in [3.8, 4) is 0 Å². The van der Waals surface area contributed by atoms with E-state index in [1.807, 2.05) is 36.1 Å². The number of hydrogen-bond acceptors (Lipinski definition) is 3. The molecule has 25 heavy (non-hydrogen) atoms. The zero-order valence-corrected chi connectivity index (χ0v) is 14.5. The Morgan fingerprint density at radius 2 is 1.84 bits per heavy atom. The van der Waals surface area contributed by atoms with E-state index in [1.165, 1.54) is 11.6 Å². The third kappa shape index (κ3) is 4.79. The van der Waals surface area contributed by atoms with Crippen molar-refractivity contribution in [3.05, 3.63) is 65.5 Å². The van der Waals surface area contributed by atoms with E-state index < -0.39 is 0 Å². The molecule has 0 spiro atoms. The summed E-state index contributed by atoms with van der Waals surface area (Å²) < 4.78 is 13.9. The molecule has 1 aliphatic rings. The fourth-order valence-electron chi connectivity index (χ4n) is 3.14. The Labute approximate surface area is 148 Å². The van der Waals surface area contributed by atoms with Gasteiger partial charge in [-0.05, 0) is 24.6 Å². The van der Waals surface area contributed by atoms with Gasteiger partial charge in [0.2, 0.25) is 5.91 Å². The standard InChI is InChI=1S/C20H24FN3O/c1-16-5-4-6-17(13-16)14-22-20(25)15-23-9-11-24(12-10-23)19-8-3-2-7-18(19)21/h2-8,13H,9-12,14-15H2,1H3,(H,22,25). The number of nitrogens with one attached hydrogen (secondary N) is 1. The SMILES string of the molecule is Cc1cccc(CNC(=O)CN2CCN(c3ccccc3F)CC2)c1. The van der Waals surface area contributed by atoms with Gasteiger partial charge in [0, 0.05) is 32.7 Å². The van der Waals surface area contributed by atoms with Crippen molar-refractivity contribution in [2.45, 2.75) is 13.5 Å². The van der Waals surface area contributed by atoms with Crippen LogP contribution in [0.5, 0.6) is 0 Å². The van der Waals surface area contributed by atoms with Crippen LogP contribution in [-0.2, 0) is 11.3 Å². The van der Waals surface area contributed by atoms with Crippen molar-refractivity contribution in [3.63, 3.8) is 0 Å². The summed E-state index contributed by atoms with van der Waals surface area (Å²) in [6, 6.07) is 15.0. The van der Waals surface area contributed by atoms with E-state index >= 15 is 0 Å². The van der Waals surface area contributed by atoms with Gasteiger partial charge >= 0.3 is 0 Å². The van der Waals surface area contributed by atoms with Crippen LogP contribution in [0.15, 0.2) is 48.5 Å². The first kappa shape index (κ1) is 17.4. The van der Waals surface area contributed by atoms with Crippen LogP contribution in [0, 0.1) is 12.7 Å². The minimum atomic E-state index is -0.188. The van der Waals surface area contributed by atoms with Crippen LogP contribution in [-0.4, -0.2) is 43.5 Å². The van der Waals surface area contributed by atoms with Crippen molar-refractivity contribution in [2.24, 2.45) is 0 Å². The number of nitrogens with zero attached hydrogens (tertiary/aromatic N) is 2. The molecule has 2 aromatic rings. The van der Waals surface area contributed by atoms with Crippen LogP contribution in [0.4, 0.5) is 10.1 Å². The highest BCUT2D eigenvalue weighted by molar-refractivity contribution is 5.78. The van der Waals surface area contributed by atoms with Gasteiger partial charge in [-0.15, -0.1) is 0 Å². The number of benzene rings is 2. The predicted octanol–water partition coefficient (Wildman–Crippen LogP) is 2.57. The van der Waals surface area contributed by atoms with Crippen LogP contribution in [0.3, 0.4) is 0 Å². The summed E-state index contributed by atoms with van der Waals surface area (Å²) in [5.74, 6) is -0.160.